The summed E-state index contributed by atoms with van der Waals surface area (Å²) in [5.41, 5.74) is 4.77. The summed E-state index contributed by atoms with van der Waals surface area (Å²) in [4.78, 5) is 11.6. The molecule has 0 aromatic rings. The second kappa shape index (κ2) is 4.40. The second-order valence-electron chi connectivity index (χ2n) is 5.03. The molecule has 1 amide bonds. The summed E-state index contributed by atoms with van der Waals surface area (Å²) in [6.45, 7) is 3.48. The Kier molecular flexibility index (Phi) is 4.32. The van der Waals surface area contributed by atoms with E-state index < -0.39 is 26.2 Å². The molecule has 3 N–H and O–H groups in total. The number of rotatable bonds is 3. The van der Waals surface area contributed by atoms with E-state index in [1.165, 1.54) is 0 Å². The molecule has 17 heavy (non-hydrogen) atoms. The molecule has 2 aliphatic rings. The van der Waals surface area contributed by atoms with E-state index in [1.807, 2.05) is 6.92 Å². The minimum atomic E-state index is -3.53. The fourth-order valence-electron chi connectivity index (χ4n) is 1.55. The third kappa shape index (κ3) is 2.58. The standard InChI is InChI=1S/C9H16N2O3S.CH4.ClH/c1-6-5-9(6,10)7(12)11-15(13,14)8(2)3-4-8;;/h6H,3-5,10H2,1-2H3,(H,11,12);1H4;1H/t6-,9-;;/m1../s1. The van der Waals surface area contributed by atoms with Gasteiger partial charge >= 0.3 is 0 Å². The molecular formula is C10H21ClN2O3S. The van der Waals surface area contributed by atoms with Crippen LogP contribution in [-0.4, -0.2) is 24.6 Å². The number of hydrogen-bond acceptors (Lipinski definition) is 4. The topological polar surface area (TPSA) is 89.3 Å². The van der Waals surface area contributed by atoms with Gasteiger partial charge in [-0.25, -0.2) is 8.42 Å². The van der Waals surface area contributed by atoms with Gasteiger partial charge in [0, 0.05) is 0 Å². The lowest BCUT2D eigenvalue weighted by Gasteiger charge is -2.15. The Hall–Kier alpha value is -0.330. The minimum Gasteiger partial charge on any atom is -0.317 e. The van der Waals surface area contributed by atoms with Crippen LogP contribution < -0.4 is 10.5 Å². The van der Waals surface area contributed by atoms with E-state index in [0.29, 0.717) is 19.3 Å². The normalized spacial score (nSPS) is 32.8. The molecular weight excluding hydrogens is 264 g/mol. The van der Waals surface area contributed by atoms with E-state index in [9.17, 15) is 13.2 Å². The first kappa shape index (κ1) is 16.7. The number of carbonyl (C=O) groups is 1. The number of nitrogens with two attached hydrogens (primary N) is 1. The molecule has 0 unspecified atom stereocenters. The van der Waals surface area contributed by atoms with Crippen LogP contribution in [0.2, 0.25) is 0 Å². The first-order valence-electron chi connectivity index (χ1n) is 5.07. The zero-order chi connectivity index (χ0) is 11.5. The zero-order valence-electron chi connectivity index (χ0n) is 9.32. The Labute approximate surface area is 109 Å². The van der Waals surface area contributed by atoms with Gasteiger partial charge in [0.05, 0.1) is 10.3 Å². The monoisotopic (exact) mass is 284 g/mol. The molecule has 102 valence electrons. The van der Waals surface area contributed by atoms with Crippen LogP contribution in [0.25, 0.3) is 0 Å². The largest absolute Gasteiger partial charge is 0.317 e. The SMILES string of the molecule is C.C[C@@H]1C[C@]1(N)C(=O)NS(=O)(=O)C1(C)CC1.Cl. The van der Waals surface area contributed by atoms with Crippen molar-refractivity contribution in [1.82, 2.24) is 4.72 Å². The molecule has 0 heterocycles. The third-order valence-electron chi connectivity index (χ3n) is 3.62. The quantitative estimate of drug-likeness (QED) is 0.801. The molecule has 0 saturated heterocycles. The Bertz CT molecular complexity index is 419. The lowest BCUT2D eigenvalue weighted by Crippen LogP contribution is -2.49. The number of nitrogens with one attached hydrogen (secondary N) is 1. The fraction of sp³-hybridized carbons (Fsp3) is 0.900. The Morgan fingerprint density at radius 1 is 1.41 bits per heavy atom. The van der Waals surface area contributed by atoms with Crippen molar-refractivity contribution >= 4 is 28.3 Å². The Morgan fingerprint density at radius 3 is 2.12 bits per heavy atom. The van der Waals surface area contributed by atoms with Crippen LogP contribution in [0.15, 0.2) is 0 Å². The minimum absolute atomic E-state index is 0. The predicted octanol–water partition coefficient (Wildman–Crippen LogP) is 0.780. The van der Waals surface area contributed by atoms with Crippen LogP contribution in [0.3, 0.4) is 0 Å². The van der Waals surface area contributed by atoms with Crippen molar-refractivity contribution in [2.75, 3.05) is 0 Å². The average Bonchev–Trinajstić information content (AvgIpc) is 2.94. The summed E-state index contributed by atoms with van der Waals surface area (Å²) < 4.78 is 24.8. The highest BCUT2D eigenvalue weighted by Crippen LogP contribution is 2.44. The summed E-state index contributed by atoms with van der Waals surface area (Å²) >= 11 is 0. The molecule has 2 fully saturated rings. The number of carbonyl (C=O) groups excluding carboxylic acids is 1. The lowest BCUT2D eigenvalue weighted by molar-refractivity contribution is -0.121. The fourth-order valence-corrected chi connectivity index (χ4v) is 2.87. The van der Waals surface area contributed by atoms with E-state index in [4.69, 9.17) is 5.73 Å². The number of halogens is 1. The van der Waals surface area contributed by atoms with Gasteiger partial charge < -0.3 is 5.73 Å². The van der Waals surface area contributed by atoms with Gasteiger partial charge in [-0.15, -0.1) is 12.4 Å². The molecule has 0 aliphatic heterocycles. The van der Waals surface area contributed by atoms with Crippen molar-refractivity contribution < 1.29 is 13.2 Å². The highest BCUT2D eigenvalue weighted by Gasteiger charge is 2.57. The Balaban J connectivity index is 0.00000128. The van der Waals surface area contributed by atoms with E-state index in [1.54, 1.807) is 6.92 Å². The summed E-state index contributed by atoms with van der Waals surface area (Å²) in [6.07, 6.45) is 1.79. The smallest absolute Gasteiger partial charge is 0.253 e. The molecule has 2 rings (SSSR count). The summed E-state index contributed by atoms with van der Waals surface area (Å²) in [5, 5.41) is 0. The third-order valence-corrected chi connectivity index (χ3v) is 5.78. The van der Waals surface area contributed by atoms with Gasteiger partial charge in [-0.3, -0.25) is 9.52 Å². The first-order chi connectivity index (χ1) is 6.71. The number of hydrogen-bond donors (Lipinski definition) is 2. The van der Waals surface area contributed by atoms with Crippen LogP contribution in [0.1, 0.15) is 40.5 Å². The molecule has 2 aliphatic carbocycles. The highest BCUT2D eigenvalue weighted by molar-refractivity contribution is 7.91. The number of amides is 1. The molecule has 2 saturated carbocycles. The van der Waals surface area contributed by atoms with Gasteiger partial charge in [-0.05, 0) is 32.1 Å². The molecule has 0 bridgehead atoms. The van der Waals surface area contributed by atoms with Crippen LogP contribution >= 0.6 is 12.4 Å². The Morgan fingerprint density at radius 2 is 1.82 bits per heavy atom. The van der Waals surface area contributed by atoms with Crippen molar-refractivity contribution in [3.63, 3.8) is 0 Å². The molecule has 0 spiro atoms. The van der Waals surface area contributed by atoms with Crippen LogP contribution in [-0.2, 0) is 14.8 Å². The molecule has 0 radical (unpaired) electrons. The van der Waals surface area contributed by atoms with Gasteiger partial charge in [0.1, 0.15) is 0 Å². The van der Waals surface area contributed by atoms with Crippen molar-refractivity contribution in [1.29, 1.82) is 0 Å². The maximum Gasteiger partial charge on any atom is 0.253 e. The van der Waals surface area contributed by atoms with Crippen molar-refractivity contribution in [3.8, 4) is 0 Å². The summed E-state index contributed by atoms with van der Waals surface area (Å²) in [7, 11) is -3.53. The zero-order valence-corrected chi connectivity index (χ0v) is 11.0. The summed E-state index contributed by atoms with van der Waals surface area (Å²) in [5.74, 6) is -0.483. The van der Waals surface area contributed by atoms with Gasteiger partial charge in [-0.1, -0.05) is 14.4 Å². The van der Waals surface area contributed by atoms with E-state index >= 15 is 0 Å². The maximum atomic E-state index is 11.7. The molecule has 0 aromatic heterocycles. The van der Waals surface area contributed by atoms with E-state index in [0.717, 1.165) is 0 Å². The predicted molar refractivity (Wildman–Crippen MR) is 69.4 cm³/mol. The van der Waals surface area contributed by atoms with Crippen LogP contribution in [0, 0.1) is 5.92 Å². The summed E-state index contributed by atoms with van der Waals surface area (Å²) in [6, 6.07) is 0. The van der Waals surface area contributed by atoms with Gasteiger partial charge in [-0.2, -0.15) is 0 Å². The van der Waals surface area contributed by atoms with Crippen molar-refractivity contribution in [2.45, 2.75) is 50.8 Å². The molecule has 0 aromatic carbocycles. The molecule has 2 atom stereocenters. The van der Waals surface area contributed by atoms with Gasteiger partial charge in [0.2, 0.25) is 10.0 Å². The van der Waals surface area contributed by atoms with Gasteiger partial charge in [0.15, 0.2) is 0 Å². The van der Waals surface area contributed by atoms with Crippen molar-refractivity contribution in [3.05, 3.63) is 0 Å². The maximum absolute atomic E-state index is 11.7. The highest BCUT2D eigenvalue weighted by atomic mass is 35.5. The second-order valence-corrected chi connectivity index (χ2v) is 7.23. The van der Waals surface area contributed by atoms with Gasteiger partial charge in [0.25, 0.3) is 5.91 Å². The van der Waals surface area contributed by atoms with Crippen LogP contribution in [0.5, 0.6) is 0 Å². The lowest BCUT2D eigenvalue weighted by atomic mass is 10.2. The number of sulfonamides is 1. The van der Waals surface area contributed by atoms with Crippen LogP contribution in [0.4, 0.5) is 0 Å². The van der Waals surface area contributed by atoms with Crippen molar-refractivity contribution in [2.24, 2.45) is 11.7 Å². The molecule has 5 nitrogen and oxygen atoms in total. The average molecular weight is 285 g/mol. The van der Waals surface area contributed by atoms with E-state index in [-0.39, 0.29) is 25.8 Å². The van der Waals surface area contributed by atoms with E-state index in [2.05, 4.69) is 4.72 Å². The molecule has 7 heteroatoms. The first-order valence-corrected chi connectivity index (χ1v) is 6.55.